The van der Waals surface area contributed by atoms with Crippen LogP contribution in [0.5, 0.6) is 0 Å². The van der Waals surface area contributed by atoms with Crippen LogP contribution in [0, 0.1) is 0 Å². The highest BCUT2D eigenvalue weighted by Gasteiger charge is 2.23. The first-order chi connectivity index (χ1) is 11.7. The number of nitrogens with zero attached hydrogens (tertiary/aromatic N) is 5. The van der Waals surface area contributed by atoms with Gasteiger partial charge in [0.1, 0.15) is 11.3 Å². The van der Waals surface area contributed by atoms with Crippen molar-refractivity contribution < 1.29 is 18.0 Å². The molecule has 0 N–H and O–H groups in total. The molecule has 10 heteroatoms. The zero-order valence-corrected chi connectivity index (χ0v) is 13.1. The molecule has 0 amide bonds. The minimum atomic E-state index is -2.81. The smallest absolute Gasteiger partial charge is 0.315 e. The summed E-state index contributed by atoms with van der Waals surface area (Å²) in [6.07, 6.45) is -0.192. The van der Waals surface area contributed by atoms with Gasteiger partial charge in [-0.15, -0.1) is 11.6 Å². The van der Waals surface area contributed by atoms with Crippen molar-refractivity contribution in [1.29, 1.82) is 0 Å². The molecule has 4 heterocycles. The van der Waals surface area contributed by atoms with Gasteiger partial charge in [0.05, 0.1) is 18.5 Å². The summed E-state index contributed by atoms with van der Waals surface area (Å²) in [6, 6.07) is 1.68. The van der Waals surface area contributed by atoms with E-state index in [0.29, 0.717) is 29.1 Å². The van der Waals surface area contributed by atoms with E-state index in [1.165, 1.54) is 6.20 Å². The van der Waals surface area contributed by atoms with Crippen LogP contribution in [0.15, 0.2) is 16.8 Å². The van der Waals surface area contributed by atoms with Gasteiger partial charge in [0, 0.05) is 18.4 Å². The van der Waals surface area contributed by atoms with Crippen molar-refractivity contribution in [3.05, 3.63) is 24.0 Å². The molecule has 1 atom stereocenters. The fraction of sp³-hybridized carbons (Fsp3) is 0.429. The number of imidazole rings is 1. The Hall–Kier alpha value is -2.13. The van der Waals surface area contributed by atoms with Gasteiger partial charge in [0.15, 0.2) is 5.65 Å². The lowest BCUT2D eigenvalue weighted by Gasteiger charge is -2.27. The maximum atomic E-state index is 12.6. The molecule has 7 nitrogen and oxygen atoms in total. The second-order valence-electron chi connectivity index (χ2n) is 5.38. The van der Waals surface area contributed by atoms with E-state index >= 15 is 0 Å². The molecule has 3 aromatic rings. The second-order valence-corrected chi connectivity index (χ2v) is 5.64. The van der Waals surface area contributed by atoms with Crippen molar-refractivity contribution in [2.45, 2.75) is 31.4 Å². The van der Waals surface area contributed by atoms with Crippen molar-refractivity contribution in [3.63, 3.8) is 0 Å². The summed E-state index contributed by atoms with van der Waals surface area (Å²) >= 11 is 5.97. The molecule has 0 saturated carbocycles. The number of alkyl halides is 3. The van der Waals surface area contributed by atoms with Crippen LogP contribution < -0.4 is 0 Å². The Morgan fingerprint density at radius 3 is 2.83 bits per heavy atom. The third-order valence-electron chi connectivity index (χ3n) is 3.85. The Morgan fingerprint density at radius 1 is 1.38 bits per heavy atom. The average Bonchev–Trinajstić information content (AvgIpc) is 3.15. The number of aromatic nitrogens is 5. The van der Waals surface area contributed by atoms with Gasteiger partial charge in [-0.3, -0.25) is 0 Å². The predicted molar refractivity (Wildman–Crippen MR) is 79.7 cm³/mol. The molecule has 126 valence electrons. The summed E-state index contributed by atoms with van der Waals surface area (Å²) in [6.45, 7) is 1.39. The van der Waals surface area contributed by atoms with E-state index in [-0.39, 0.29) is 17.8 Å². The van der Waals surface area contributed by atoms with Crippen molar-refractivity contribution in [2.24, 2.45) is 0 Å². The van der Waals surface area contributed by atoms with Crippen LogP contribution in [0.2, 0.25) is 0 Å². The summed E-state index contributed by atoms with van der Waals surface area (Å²) in [4.78, 5) is 12.5. The molecule has 1 aliphatic rings. The fourth-order valence-corrected chi connectivity index (χ4v) is 2.75. The summed E-state index contributed by atoms with van der Waals surface area (Å²) in [7, 11) is 0. The standard InChI is InChI=1S/C14H12ClF2N5O2/c15-4-10-19-9-3-7(12-20-14(11(16)17)24-21-12)5-18-13(9)22(10)6-8-1-2-23-8/h3,5,8,11H,1-2,4,6H2/t8-/m0/s1. The lowest BCUT2D eigenvalue weighted by Crippen LogP contribution is -2.31. The Balaban J connectivity index is 1.72. The highest BCUT2D eigenvalue weighted by molar-refractivity contribution is 6.16. The number of ether oxygens (including phenoxy) is 1. The zero-order chi connectivity index (χ0) is 16.7. The SMILES string of the molecule is FC(F)c1nc(-c2cnc3c(c2)nc(CCl)n3C[C@@H]2CCO2)no1. The number of hydrogen-bond donors (Lipinski definition) is 0. The molecule has 0 unspecified atom stereocenters. The van der Waals surface area contributed by atoms with Crippen LogP contribution in [0.3, 0.4) is 0 Å². The van der Waals surface area contributed by atoms with E-state index in [4.69, 9.17) is 16.3 Å². The number of halogens is 3. The van der Waals surface area contributed by atoms with E-state index in [9.17, 15) is 8.78 Å². The van der Waals surface area contributed by atoms with Crippen LogP contribution >= 0.6 is 11.6 Å². The Morgan fingerprint density at radius 2 is 2.21 bits per heavy atom. The lowest BCUT2D eigenvalue weighted by atomic mass is 10.2. The van der Waals surface area contributed by atoms with Crippen LogP contribution in [0.25, 0.3) is 22.6 Å². The maximum absolute atomic E-state index is 12.6. The second kappa shape index (κ2) is 6.06. The number of fused-ring (bicyclic) bond motifs is 1. The molecule has 1 saturated heterocycles. The molecule has 0 bridgehead atoms. The predicted octanol–water partition coefficient (Wildman–Crippen LogP) is 2.95. The number of rotatable bonds is 5. The zero-order valence-electron chi connectivity index (χ0n) is 12.3. The van der Waals surface area contributed by atoms with E-state index < -0.39 is 12.3 Å². The first-order valence-corrected chi connectivity index (χ1v) is 7.84. The van der Waals surface area contributed by atoms with E-state index in [1.54, 1.807) is 6.07 Å². The molecule has 1 aliphatic heterocycles. The molecule has 0 aliphatic carbocycles. The number of pyridine rings is 1. The number of hydrogen-bond acceptors (Lipinski definition) is 6. The third kappa shape index (κ3) is 2.63. The van der Waals surface area contributed by atoms with Gasteiger partial charge >= 0.3 is 6.43 Å². The van der Waals surface area contributed by atoms with Gasteiger partial charge in [0.2, 0.25) is 5.82 Å². The Kier molecular flexibility index (Phi) is 3.89. The monoisotopic (exact) mass is 355 g/mol. The summed E-state index contributed by atoms with van der Waals surface area (Å²) in [5.74, 6) is 0.229. The first kappa shape index (κ1) is 15.4. The maximum Gasteiger partial charge on any atom is 0.315 e. The first-order valence-electron chi connectivity index (χ1n) is 7.30. The van der Waals surface area contributed by atoms with Gasteiger partial charge in [0.25, 0.3) is 5.89 Å². The average molecular weight is 356 g/mol. The normalized spacial score (nSPS) is 17.6. The van der Waals surface area contributed by atoms with E-state index in [0.717, 1.165) is 13.0 Å². The van der Waals surface area contributed by atoms with Gasteiger partial charge in [-0.05, 0) is 12.5 Å². The Labute approximate surface area is 139 Å². The molecule has 0 aromatic carbocycles. The summed E-state index contributed by atoms with van der Waals surface area (Å²) in [5.41, 5.74) is 1.69. The minimum absolute atomic E-state index is 0.0454. The van der Waals surface area contributed by atoms with Crippen LogP contribution in [-0.2, 0) is 17.2 Å². The van der Waals surface area contributed by atoms with Crippen molar-refractivity contribution in [3.8, 4) is 11.4 Å². The van der Waals surface area contributed by atoms with Crippen molar-refractivity contribution in [1.82, 2.24) is 24.7 Å². The lowest BCUT2D eigenvalue weighted by molar-refractivity contribution is -0.0590. The molecular weight excluding hydrogens is 344 g/mol. The minimum Gasteiger partial charge on any atom is -0.376 e. The molecule has 24 heavy (non-hydrogen) atoms. The van der Waals surface area contributed by atoms with E-state index in [2.05, 4.69) is 24.6 Å². The molecule has 0 spiro atoms. The van der Waals surface area contributed by atoms with Gasteiger partial charge < -0.3 is 13.8 Å². The summed E-state index contributed by atoms with van der Waals surface area (Å²) < 4.78 is 37.0. The topological polar surface area (TPSA) is 78.9 Å². The largest absolute Gasteiger partial charge is 0.376 e. The highest BCUT2D eigenvalue weighted by Crippen LogP contribution is 2.25. The van der Waals surface area contributed by atoms with Crippen LogP contribution in [0.1, 0.15) is 24.6 Å². The van der Waals surface area contributed by atoms with Crippen LogP contribution in [-0.4, -0.2) is 37.4 Å². The molecule has 4 rings (SSSR count). The van der Waals surface area contributed by atoms with E-state index in [1.807, 2.05) is 4.57 Å². The van der Waals surface area contributed by atoms with Crippen molar-refractivity contribution >= 4 is 22.8 Å². The van der Waals surface area contributed by atoms with Gasteiger partial charge in [-0.1, -0.05) is 5.16 Å². The summed E-state index contributed by atoms with van der Waals surface area (Å²) in [5, 5.41) is 3.55. The van der Waals surface area contributed by atoms with Crippen LogP contribution in [0.4, 0.5) is 8.78 Å². The molecule has 0 radical (unpaired) electrons. The van der Waals surface area contributed by atoms with Gasteiger partial charge in [-0.2, -0.15) is 13.8 Å². The molecule has 3 aromatic heterocycles. The Bertz CT molecular complexity index is 877. The fourth-order valence-electron chi connectivity index (χ4n) is 2.55. The molecular formula is C14H12ClF2N5O2. The molecule has 1 fully saturated rings. The van der Waals surface area contributed by atoms with Gasteiger partial charge in [-0.25, -0.2) is 9.97 Å². The van der Waals surface area contributed by atoms with Crippen molar-refractivity contribution in [2.75, 3.05) is 6.61 Å². The highest BCUT2D eigenvalue weighted by atomic mass is 35.5. The third-order valence-corrected chi connectivity index (χ3v) is 4.09. The quantitative estimate of drug-likeness (QED) is 0.655.